The van der Waals surface area contributed by atoms with Crippen molar-refractivity contribution < 1.29 is 53.9 Å². The van der Waals surface area contributed by atoms with Crippen molar-refractivity contribution in [1.29, 1.82) is 0 Å². The van der Waals surface area contributed by atoms with Gasteiger partial charge in [0.2, 0.25) is 0 Å². The van der Waals surface area contributed by atoms with Crippen molar-refractivity contribution >= 4 is 8.60 Å². The van der Waals surface area contributed by atoms with Crippen molar-refractivity contribution in [2.75, 3.05) is 14.2 Å². The van der Waals surface area contributed by atoms with Gasteiger partial charge in [-0.2, -0.15) is 0 Å². The molecule has 0 aliphatic carbocycles. The Balaban J connectivity index is -0.000000109. The van der Waals surface area contributed by atoms with Crippen LogP contribution in [0, 0.1) is 0 Å². The Bertz CT molecular complexity index is 38.2. The summed E-state index contributed by atoms with van der Waals surface area (Å²) in [6.45, 7) is 0. The molecule has 1 N–H and O–H groups in total. The predicted octanol–water partition coefficient (Wildman–Crippen LogP) is -1.92. The number of rotatable bonds is 2. The Labute approximate surface area is 82.3 Å². The van der Waals surface area contributed by atoms with E-state index in [1.54, 1.807) is 5.82 Å². The van der Waals surface area contributed by atoms with Crippen LogP contribution in [-0.4, -0.2) is 19.1 Å². The molecule has 0 aromatic heterocycles. The Morgan fingerprint density at radius 2 is 1.44 bits per heavy atom. The molecule has 0 aliphatic rings. The van der Waals surface area contributed by atoms with Crippen LogP contribution >= 0.6 is 8.60 Å². The van der Waals surface area contributed by atoms with Gasteiger partial charge in [-0.15, -0.1) is 0 Å². The molecule has 0 heterocycles. The molecule has 0 rings (SSSR count). The molecule has 0 unspecified atom stereocenters. The first-order chi connectivity index (χ1) is 3.81. The second kappa shape index (κ2) is 16.3. The van der Waals surface area contributed by atoms with Crippen LogP contribution in [0.15, 0.2) is 0 Å². The molecule has 0 spiro atoms. The van der Waals surface area contributed by atoms with E-state index in [1.165, 1.54) is 14.2 Å². The largest absolute Gasteiger partial charge is 1.00 e. The fourth-order valence-corrected chi connectivity index (χ4v) is 0.224. The Morgan fingerprint density at radius 1 is 1.22 bits per heavy atom. The van der Waals surface area contributed by atoms with Gasteiger partial charge in [0, 0.05) is 14.2 Å². The van der Waals surface area contributed by atoms with Crippen LogP contribution in [0.1, 0.15) is 0 Å². The van der Waals surface area contributed by atoms with Crippen molar-refractivity contribution in [1.82, 2.24) is 0 Å². The standard InChI is InChI=1S/C2H7O3P.CH3.Cu.HI/c1-4-6(3)5-2;;;/h3H,1-2H3;1H3;;1H/q;;+1;/p-1. The Kier molecular flexibility index (Phi) is 30.5. The van der Waals surface area contributed by atoms with E-state index in [2.05, 4.69) is 25.1 Å². The van der Waals surface area contributed by atoms with Crippen LogP contribution in [0.25, 0.3) is 0 Å². The minimum Gasteiger partial charge on any atom is -1.00 e. The Hall–Kier alpha value is 1.56. The van der Waals surface area contributed by atoms with Gasteiger partial charge in [-0.3, -0.25) is 0 Å². The molecule has 0 bridgehead atoms. The van der Waals surface area contributed by atoms with Crippen LogP contribution in [0.3, 0.4) is 0 Å². The zero-order valence-electron chi connectivity index (χ0n) is 5.39. The normalized spacial score (nSPS) is 7.44. The fourth-order valence-electron chi connectivity index (χ4n) is 0.0745. The second-order valence-electron chi connectivity index (χ2n) is 0.603. The van der Waals surface area contributed by atoms with E-state index < -0.39 is 8.60 Å². The average molecular weight is 316 g/mol. The first kappa shape index (κ1) is 16.9. The SMILES string of the molecule is COP(O)OC.[CH3][Cu+].[I-]. The fraction of sp³-hybridized carbons (Fsp3) is 1.00. The van der Waals surface area contributed by atoms with Gasteiger partial charge >= 0.3 is 30.4 Å². The summed E-state index contributed by atoms with van der Waals surface area (Å²) < 4.78 is 8.59. The summed E-state index contributed by atoms with van der Waals surface area (Å²) in [5, 5.41) is 0. The van der Waals surface area contributed by atoms with Crippen LogP contribution < -0.4 is 24.0 Å². The van der Waals surface area contributed by atoms with Gasteiger partial charge < -0.3 is 37.9 Å². The molecule has 0 radical (unpaired) electrons. The smallest absolute Gasteiger partial charge is 1.00 e. The molecule has 9 heavy (non-hydrogen) atoms. The van der Waals surface area contributed by atoms with Gasteiger partial charge in [0.15, 0.2) is 0 Å². The molecule has 0 saturated carbocycles. The molecule has 6 heteroatoms. The Morgan fingerprint density at radius 3 is 1.44 bits per heavy atom. The topological polar surface area (TPSA) is 38.7 Å². The van der Waals surface area contributed by atoms with Gasteiger partial charge in [-0.25, -0.2) is 0 Å². The maximum atomic E-state index is 8.29. The molecule has 0 saturated heterocycles. The predicted molar refractivity (Wildman–Crippen MR) is 29.0 cm³/mol. The van der Waals surface area contributed by atoms with E-state index in [0.29, 0.717) is 0 Å². The van der Waals surface area contributed by atoms with Gasteiger partial charge in [0.25, 0.3) is 0 Å². The molecule has 3 nitrogen and oxygen atoms in total. The molecular formula is C3H10CuIO3P. The van der Waals surface area contributed by atoms with Crippen molar-refractivity contribution in [2.24, 2.45) is 0 Å². The van der Waals surface area contributed by atoms with Crippen LogP contribution in [0.5, 0.6) is 0 Å². The number of hydrogen-bond acceptors (Lipinski definition) is 3. The van der Waals surface area contributed by atoms with Gasteiger partial charge in [0.1, 0.15) is 0 Å². The molecule has 0 aliphatic heterocycles. The molecular weight excluding hydrogens is 305 g/mol. The van der Waals surface area contributed by atoms with Crippen molar-refractivity contribution in [3.8, 4) is 0 Å². The number of hydrogen-bond donors (Lipinski definition) is 1. The van der Waals surface area contributed by atoms with Crippen LogP contribution in [0.4, 0.5) is 0 Å². The van der Waals surface area contributed by atoms with Crippen LogP contribution in [0.2, 0.25) is 5.82 Å². The van der Waals surface area contributed by atoms with E-state index >= 15 is 0 Å². The van der Waals surface area contributed by atoms with Crippen LogP contribution in [-0.2, 0) is 25.1 Å². The van der Waals surface area contributed by atoms with Gasteiger partial charge in [-0.05, 0) is 0 Å². The van der Waals surface area contributed by atoms with E-state index in [0.717, 1.165) is 0 Å². The third kappa shape index (κ3) is 17.7. The zero-order valence-corrected chi connectivity index (χ0v) is 9.38. The minimum atomic E-state index is -1.58. The third-order valence-electron chi connectivity index (χ3n) is 0.312. The van der Waals surface area contributed by atoms with E-state index in [4.69, 9.17) is 4.89 Å². The average Bonchev–Trinajstić information content (AvgIpc) is 1.91. The molecule has 0 aromatic carbocycles. The molecule has 0 fully saturated rings. The molecule has 0 aromatic rings. The summed E-state index contributed by atoms with van der Waals surface area (Å²) in [7, 11) is 1.19. The van der Waals surface area contributed by atoms with Crippen molar-refractivity contribution in [3.05, 3.63) is 0 Å². The monoisotopic (exact) mass is 315 g/mol. The summed E-state index contributed by atoms with van der Waals surface area (Å²) in [5.41, 5.74) is 0. The van der Waals surface area contributed by atoms with Gasteiger partial charge in [0.05, 0.1) is 0 Å². The first-order valence-corrected chi connectivity index (χ1v) is 3.76. The van der Waals surface area contributed by atoms with E-state index in [1.807, 2.05) is 0 Å². The molecule has 0 atom stereocenters. The minimum absolute atomic E-state index is 0. The summed E-state index contributed by atoms with van der Waals surface area (Å²) >= 11 is 4.19. The summed E-state index contributed by atoms with van der Waals surface area (Å²) in [6.07, 6.45) is 0. The zero-order chi connectivity index (χ0) is 6.99. The molecule has 63 valence electrons. The molecule has 0 amide bonds. The second-order valence-corrected chi connectivity index (χ2v) is 1.81. The summed E-state index contributed by atoms with van der Waals surface area (Å²) in [6, 6.07) is 0. The van der Waals surface area contributed by atoms with Gasteiger partial charge in [-0.1, -0.05) is 0 Å². The quantitative estimate of drug-likeness (QED) is 0.367. The maximum Gasteiger partial charge on any atom is -1.00 e. The van der Waals surface area contributed by atoms with E-state index in [9.17, 15) is 0 Å². The number of halogens is 1. The van der Waals surface area contributed by atoms with E-state index in [-0.39, 0.29) is 24.0 Å². The first-order valence-electron chi connectivity index (χ1n) is 1.68. The van der Waals surface area contributed by atoms with Crippen molar-refractivity contribution in [3.63, 3.8) is 0 Å². The summed E-state index contributed by atoms with van der Waals surface area (Å²) in [5.74, 6) is 1.56. The summed E-state index contributed by atoms with van der Waals surface area (Å²) in [4.78, 5) is 8.29. The third-order valence-corrected chi connectivity index (χ3v) is 0.937. The maximum absolute atomic E-state index is 8.29. The van der Waals surface area contributed by atoms with Crippen molar-refractivity contribution in [2.45, 2.75) is 5.82 Å².